The van der Waals surface area contributed by atoms with Crippen LogP contribution < -0.4 is 24.4 Å². The van der Waals surface area contributed by atoms with Crippen molar-refractivity contribution >= 4 is 34.9 Å². The molecule has 0 bridgehead atoms. The van der Waals surface area contributed by atoms with Crippen LogP contribution in [0.25, 0.3) is 0 Å². The van der Waals surface area contributed by atoms with Crippen LogP contribution in [0.2, 0.25) is 5.02 Å². The summed E-state index contributed by atoms with van der Waals surface area (Å²) in [5.41, 5.74) is 2.42. The van der Waals surface area contributed by atoms with Crippen molar-refractivity contribution in [3.63, 3.8) is 0 Å². The predicted octanol–water partition coefficient (Wildman–Crippen LogP) is 4.59. The number of amides is 1. The fourth-order valence-corrected chi connectivity index (χ4v) is 4.22. The minimum Gasteiger partial charge on any atom is -0.496 e. The van der Waals surface area contributed by atoms with E-state index in [1.54, 1.807) is 36.4 Å². The van der Waals surface area contributed by atoms with Gasteiger partial charge in [-0.15, -0.1) is 0 Å². The van der Waals surface area contributed by atoms with E-state index in [1.807, 2.05) is 31.3 Å². The van der Waals surface area contributed by atoms with Gasteiger partial charge in [-0.05, 0) is 48.5 Å². The Balaban J connectivity index is 1.39. The molecule has 0 spiro atoms. The Hall–Kier alpha value is -3.91. The van der Waals surface area contributed by atoms with Crippen molar-refractivity contribution in [2.45, 2.75) is 12.5 Å². The Kier molecular flexibility index (Phi) is 7.85. The third-order valence-corrected chi connectivity index (χ3v) is 6.08. The maximum atomic E-state index is 12.9. The second-order valence-electron chi connectivity index (χ2n) is 8.27. The largest absolute Gasteiger partial charge is 0.496 e. The molecule has 1 heterocycles. The van der Waals surface area contributed by atoms with E-state index in [0.29, 0.717) is 35.9 Å². The van der Waals surface area contributed by atoms with Crippen molar-refractivity contribution < 1.29 is 28.5 Å². The molecule has 1 amide bonds. The zero-order chi connectivity index (χ0) is 25.7. The normalized spacial score (nSPS) is 14.3. The topological polar surface area (TPSA) is 86.3 Å². The van der Waals surface area contributed by atoms with Gasteiger partial charge in [-0.2, -0.15) is 0 Å². The van der Waals surface area contributed by atoms with Gasteiger partial charge in [-0.25, -0.2) is 0 Å². The van der Waals surface area contributed by atoms with Crippen molar-refractivity contribution in [2.24, 2.45) is 0 Å². The van der Waals surface area contributed by atoms with Crippen molar-refractivity contribution in [1.29, 1.82) is 0 Å². The van der Waals surface area contributed by atoms with Gasteiger partial charge in [-0.1, -0.05) is 23.7 Å². The quantitative estimate of drug-likeness (QED) is 0.443. The van der Waals surface area contributed by atoms with Gasteiger partial charge >= 0.3 is 5.97 Å². The van der Waals surface area contributed by atoms with Crippen molar-refractivity contribution in [2.75, 3.05) is 44.6 Å². The summed E-state index contributed by atoms with van der Waals surface area (Å²) >= 11 is 6.41. The van der Waals surface area contributed by atoms with Crippen LogP contribution in [0, 0.1) is 0 Å². The molecular formula is C27H27ClN2O6. The number of carbonyl (C=O) groups is 2. The first-order chi connectivity index (χ1) is 17.4. The van der Waals surface area contributed by atoms with E-state index in [0.717, 1.165) is 11.4 Å². The van der Waals surface area contributed by atoms with Crippen molar-refractivity contribution in [3.05, 3.63) is 76.8 Å². The molecule has 0 unspecified atom stereocenters. The minimum atomic E-state index is -0.412. The third-order valence-electron chi connectivity index (χ3n) is 5.77. The van der Waals surface area contributed by atoms with Crippen LogP contribution in [-0.2, 0) is 16.0 Å². The number of ether oxygens (including phenoxy) is 4. The predicted molar refractivity (Wildman–Crippen MR) is 138 cm³/mol. The molecule has 0 saturated carbocycles. The summed E-state index contributed by atoms with van der Waals surface area (Å²) in [6, 6.07) is 17.8. The highest BCUT2D eigenvalue weighted by atomic mass is 35.5. The first-order valence-corrected chi connectivity index (χ1v) is 11.7. The van der Waals surface area contributed by atoms with Crippen LogP contribution in [0.5, 0.6) is 17.2 Å². The maximum absolute atomic E-state index is 12.9. The molecule has 3 aromatic rings. The Morgan fingerprint density at radius 1 is 1.11 bits per heavy atom. The number of benzene rings is 3. The number of para-hydroxylation sites is 2. The average Bonchev–Trinajstić information content (AvgIpc) is 2.87. The lowest BCUT2D eigenvalue weighted by Gasteiger charge is -2.33. The molecule has 0 saturated heterocycles. The van der Waals surface area contributed by atoms with Crippen LogP contribution in [-0.4, -0.2) is 52.4 Å². The average molecular weight is 511 g/mol. The SMILES string of the molecule is COC(=O)Cc1cc(NC(=O)c2ccc(OC[C@@H]3CN(C)c4ccccc4O3)cc2Cl)ccc1OC. The summed E-state index contributed by atoms with van der Waals surface area (Å²) in [7, 11) is 4.84. The van der Waals surface area contributed by atoms with Crippen LogP contribution in [0.3, 0.4) is 0 Å². The monoisotopic (exact) mass is 510 g/mol. The number of rotatable bonds is 8. The van der Waals surface area contributed by atoms with Gasteiger partial charge in [0.2, 0.25) is 0 Å². The third kappa shape index (κ3) is 5.83. The number of halogens is 1. The highest BCUT2D eigenvalue weighted by Gasteiger charge is 2.24. The van der Waals surface area contributed by atoms with Crippen molar-refractivity contribution in [1.82, 2.24) is 0 Å². The molecule has 8 nitrogen and oxygen atoms in total. The highest BCUT2D eigenvalue weighted by molar-refractivity contribution is 6.34. The van der Waals surface area contributed by atoms with E-state index in [9.17, 15) is 9.59 Å². The summed E-state index contributed by atoms with van der Waals surface area (Å²) in [5, 5.41) is 3.05. The second kappa shape index (κ2) is 11.2. The van der Waals surface area contributed by atoms with Gasteiger partial charge in [-0.3, -0.25) is 9.59 Å². The Labute approximate surface area is 214 Å². The molecule has 1 aliphatic rings. The van der Waals surface area contributed by atoms with Crippen LogP contribution in [0.1, 0.15) is 15.9 Å². The number of nitrogens with zero attached hydrogens (tertiary/aromatic N) is 1. The fourth-order valence-electron chi connectivity index (χ4n) is 3.96. The minimum absolute atomic E-state index is 0.0161. The number of hydrogen-bond acceptors (Lipinski definition) is 7. The molecular weight excluding hydrogens is 484 g/mol. The van der Waals surface area contributed by atoms with Crippen LogP contribution in [0.4, 0.5) is 11.4 Å². The molecule has 3 aromatic carbocycles. The van der Waals surface area contributed by atoms with Gasteiger partial charge < -0.3 is 29.2 Å². The van der Waals surface area contributed by atoms with E-state index < -0.39 is 11.9 Å². The second-order valence-corrected chi connectivity index (χ2v) is 8.68. The smallest absolute Gasteiger partial charge is 0.310 e. The van der Waals surface area contributed by atoms with Crippen LogP contribution >= 0.6 is 11.6 Å². The van der Waals surface area contributed by atoms with Gasteiger partial charge in [0, 0.05) is 18.3 Å². The number of likely N-dealkylation sites (N-methyl/N-ethyl adjacent to an activating group) is 1. The number of methoxy groups -OCH3 is 2. The number of carbonyl (C=O) groups excluding carboxylic acids is 2. The zero-order valence-electron chi connectivity index (χ0n) is 20.2. The molecule has 36 heavy (non-hydrogen) atoms. The molecule has 0 fully saturated rings. The van der Waals surface area contributed by atoms with Gasteiger partial charge in [0.25, 0.3) is 5.91 Å². The van der Waals surface area contributed by atoms with Gasteiger partial charge in [0.1, 0.15) is 30.0 Å². The first-order valence-electron chi connectivity index (χ1n) is 11.3. The molecule has 0 aromatic heterocycles. The van der Waals surface area contributed by atoms with E-state index in [4.69, 9.17) is 30.5 Å². The lowest BCUT2D eigenvalue weighted by atomic mass is 10.1. The van der Waals surface area contributed by atoms with Crippen LogP contribution in [0.15, 0.2) is 60.7 Å². The summed E-state index contributed by atoms with van der Waals surface area (Å²) in [4.78, 5) is 26.7. The van der Waals surface area contributed by atoms with E-state index in [2.05, 4.69) is 10.2 Å². The summed E-state index contributed by atoms with van der Waals surface area (Å²) in [5.74, 6) is 1.07. The van der Waals surface area contributed by atoms with E-state index >= 15 is 0 Å². The zero-order valence-corrected chi connectivity index (χ0v) is 21.0. The molecule has 0 radical (unpaired) electrons. The summed E-state index contributed by atoms with van der Waals surface area (Å²) in [6.45, 7) is 1.01. The summed E-state index contributed by atoms with van der Waals surface area (Å²) < 4.78 is 22.0. The molecule has 4 rings (SSSR count). The molecule has 1 atom stereocenters. The van der Waals surface area contributed by atoms with Crippen molar-refractivity contribution in [3.8, 4) is 17.2 Å². The lowest BCUT2D eigenvalue weighted by molar-refractivity contribution is -0.139. The Bertz CT molecular complexity index is 1260. The molecule has 0 aliphatic carbocycles. The Morgan fingerprint density at radius 3 is 2.67 bits per heavy atom. The van der Waals surface area contributed by atoms with E-state index in [1.165, 1.54) is 14.2 Å². The number of esters is 1. The van der Waals surface area contributed by atoms with E-state index in [-0.39, 0.29) is 23.1 Å². The standard InChI is InChI=1S/C27H27ClN2O6/c1-30-15-20(36-25-7-5-4-6-23(25)30)16-35-19-9-10-21(22(28)14-19)27(32)29-18-8-11-24(33-2)17(12-18)13-26(31)34-3/h4-12,14,20H,13,15-16H2,1-3H3,(H,29,32)/t20-/m0/s1. The summed E-state index contributed by atoms with van der Waals surface area (Å²) in [6.07, 6.45) is -0.136. The number of anilines is 2. The number of fused-ring (bicyclic) bond motifs is 1. The maximum Gasteiger partial charge on any atom is 0.310 e. The molecule has 188 valence electrons. The Morgan fingerprint density at radius 2 is 1.92 bits per heavy atom. The highest BCUT2D eigenvalue weighted by Crippen LogP contribution is 2.32. The fraction of sp³-hybridized carbons (Fsp3) is 0.259. The van der Waals surface area contributed by atoms with Gasteiger partial charge in [0.15, 0.2) is 0 Å². The van der Waals surface area contributed by atoms with Gasteiger partial charge in [0.05, 0.1) is 43.5 Å². The molecule has 9 heteroatoms. The number of nitrogens with one attached hydrogen (secondary N) is 1. The first kappa shape index (κ1) is 25.2. The molecule has 1 aliphatic heterocycles. The number of hydrogen-bond donors (Lipinski definition) is 1. The molecule has 1 N–H and O–H groups in total. The lowest BCUT2D eigenvalue weighted by Crippen LogP contribution is -2.41.